The standard InChI is InChI=1S/C12H20N4O4S/c1-9(12(17)18)15-4-6-16(7-5-15)21(19,20)11-8-14(3)10(2)13-11/h8-9H,4-7H2,1-3H3,(H,17,18). The Labute approximate surface area is 124 Å². The highest BCUT2D eigenvalue weighted by atomic mass is 32.2. The van der Waals surface area contributed by atoms with Gasteiger partial charge < -0.3 is 9.67 Å². The van der Waals surface area contributed by atoms with Crippen LogP contribution in [-0.4, -0.2) is 70.5 Å². The highest BCUT2D eigenvalue weighted by molar-refractivity contribution is 7.89. The molecular formula is C12H20N4O4S. The lowest BCUT2D eigenvalue weighted by Gasteiger charge is -2.35. The van der Waals surface area contributed by atoms with E-state index >= 15 is 0 Å². The van der Waals surface area contributed by atoms with Crippen molar-refractivity contribution >= 4 is 16.0 Å². The molecule has 118 valence electrons. The molecule has 0 amide bonds. The lowest BCUT2D eigenvalue weighted by Crippen LogP contribution is -2.53. The van der Waals surface area contributed by atoms with Gasteiger partial charge in [-0.15, -0.1) is 0 Å². The van der Waals surface area contributed by atoms with Crippen LogP contribution >= 0.6 is 0 Å². The molecule has 1 saturated heterocycles. The lowest BCUT2D eigenvalue weighted by molar-refractivity contribution is -0.143. The van der Waals surface area contributed by atoms with Crippen LogP contribution in [0.2, 0.25) is 0 Å². The molecule has 0 aromatic carbocycles. The molecule has 0 spiro atoms. The molecule has 21 heavy (non-hydrogen) atoms. The maximum atomic E-state index is 12.5. The summed E-state index contributed by atoms with van der Waals surface area (Å²) in [5.74, 6) is -0.265. The molecule has 0 radical (unpaired) electrons. The van der Waals surface area contributed by atoms with Gasteiger partial charge >= 0.3 is 5.97 Å². The number of nitrogens with zero attached hydrogens (tertiary/aromatic N) is 4. The van der Waals surface area contributed by atoms with Crippen LogP contribution in [0, 0.1) is 6.92 Å². The summed E-state index contributed by atoms with van der Waals surface area (Å²) in [6.45, 7) is 4.70. The van der Waals surface area contributed by atoms with E-state index in [1.807, 2.05) is 0 Å². The second-order valence-electron chi connectivity index (χ2n) is 5.19. The van der Waals surface area contributed by atoms with Crippen molar-refractivity contribution < 1.29 is 18.3 Å². The monoisotopic (exact) mass is 316 g/mol. The van der Waals surface area contributed by atoms with E-state index in [0.717, 1.165) is 0 Å². The number of carboxylic acids is 1. The van der Waals surface area contributed by atoms with Crippen LogP contribution in [0.25, 0.3) is 0 Å². The number of piperazine rings is 1. The number of carboxylic acid groups (broad SMARTS) is 1. The van der Waals surface area contributed by atoms with Crippen molar-refractivity contribution in [1.29, 1.82) is 0 Å². The summed E-state index contributed by atoms with van der Waals surface area (Å²) in [4.78, 5) is 16.8. The zero-order valence-corrected chi connectivity index (χ0v) is 13.2. The van der Waals surface area contributed by atoms with Crippen molar-refractivity contribution in [2.75, 3.05) is 26.2 Å². The number of sulfonamides is 1. The number of aliphatic carboxylic acids is 1. The molecular weight excluding hydrogens is 296 g/mol. The molecule has 1 unspecified atom stereocenters. The van der Waals surface area contributed by atoms with E-state index in [2.05, 4.69) is 4.98 Å². The van der Waals surface area contributed by atoms with E-state index in [4.69, 9.17) is 5.11 Å². The molecule has 0 saturated carbocycles. The lowest BCUT2D eigenvalue weighted by atomic mass is 10.2. The third-order valence-corrected chi connectivity index (χ3v) is 5.64. The first-order valence-electron chi connectivity index (χ1n) is 6.70. The first-order valence-corrected chi connectivity index (χ1v) is 8.14. The van der Waals surface area contributed by atoms with Gasteiger partial charge in [0.15, 0.2) is 5.03 Å². The Morgan fingerprint density at radius 2 is 1.90 bits per heavy atom. The summed E-state index contributed by atoms with van der Waals surface area (Å²) in [5.41, 5.74) is 0. The van der Waals surface area contributed by atoms with Gasteiger partial charge in [0, 0.05) is 39.4 Å². The van der Waals surface area contributed by atoms with Gasteiger partial charge in [-0.1, -0.05) is 0 Å². The van der Waals surface area contributed by atoms with E-state index in [1.165, 1.54) is 10.5 Å². The zero-order valence-electron chi connectivity index (χ0n) is 12.4. The summed E-state index contributed by atoms with van der Waals surface area (Å²) in [7, 11) is -1.86. The Kier molecular flexibility index (Phi) is 4.35. The van der Waals surface area contributed by atoms with Gasteiger partial charge in [0.2, 0.25) is 0 Å². The maximum Gasteiger partial charge on any atom is 0.320 e. The molecule has 1 aliphatic heterocycles. The van der Waals surface area contributed by atoms with Gasteiger partial charge in [0.25, 0.3) is 10.0 Å². The van der Waals surface area contributed by atoms with Crippen LogP contribution in [0.15, 0.2) is 11.2 Å². The molecule has 0 bridgehead atoms. The SMILES string of the molecule is Cc1nc(S(=O)(=O)N2CCN(C(C)C(=O)O)CC2)cn1C. The molecule has 1 fully saturated rings. The van der Waals surface area contributed by atoms with Crippen molar-refractivity contribution in [1.82, 2.24) is 18.8 Å². The summed E-state index contributed by atoms with van der Waals surface area (Å²) < 4.78 is 28.0. The third kappa shape index (κ3) is 3.09. The second kappa shape index (κ2) is 5.74. The molecule has 2 rings (SSSR count). The molecule has 1 aliphatic rings. The van der Waals surface area contributed by atoms with Crippen molar-refractivity contribution in [3.05, 3.63) is 12.0 Å². The van der Waals surface area contributed by atoms with E-state index in [9.17, 15) is 13.2 Å². The Balaban J connectivity index is 2.09. The van der Waals surface area contributed by atoms with Crippen LogP contribution in [0.3, 0.4) is 0 Å². The average Bonchev–Trinajstić information content (AvgIpc) is 2.78. The van der Waals surface area contributed by atoms with Gasteiger partial charge in [0.05, 0.1) is 0 Å². The Morgan fingerprint density at radius 3 is 2.33 bits per heavy atom. The van der Waals surface area contributed by atoms with Gasteiger partial charge in [-0.3, -0.25) is 9.69 Å². The summed E-state index contributed by atoms with van der Waals surface area (Å²) in [5, 5.41) is 9.03. The van der Waals surface area contributed by atoms with E-state index in [0.29, 0.717) is 18.9 Å². The van der Waals surface area contributed by atoms with Crippen molar-refractivity contribution in [2.45, 2.75) is 24.9 Å². The number of imidazole rings is 1. The number of carbonyl (C=O) groups is 1. The maximum absolute atomic E-state index is 12.5. The normalized spacial score (nSPS) is 19.6. The fourth-order valence-electron chi connectivity index (χ4n) is 2.27. The largest absolute Gasteiger partial charge is 0.480 e. The quantitative estimate of drug-likeness (QED) is 0.805. The highest BCUT2D eigenvalue weighted by Crippen LogP contribution is 2.17. The molecule has 9 heteroatoms. The van der Waals surface area contributed by atoms with Crippen molar-refractivity contribution in [2.24, 2.45) is 7.05 Å². The molecule has 1 aromatic heterocycles. The summed E-state index contributed by atoms with van der Waals surface area (Å²) >= 11 is 0. The number of hydrogen-bond acceptors (Lipinski definition) is 5. The van der Waals surface area contributed by atoms with Gasteiger partial charge in [-0.05, 0) is 13.8 Å². The fourth-order valence-corrected chi connectivity index (χ4v) is 3.72. The minimum Gasteiger partial charge on any atom is -0.480 e. The minimum absolute atomic E-state index is 0.0437. The summed E-state index contributed by atoms with van der Waals surface area (Å²) in [6.07, 6.45) is 1.50. The van der Waals surface area contributed by atoms with Crippen molar-refractivity contribution in [3.63, 3.8) is 0 Å². The molecule has 1 aromatic rings. The third-order valence-electron chi connectivity index (χ3n) is 3.87. The van der Waals surface area contributed by atoms with E-state index < -0.39 is 22.0 Å². The van der Waals surface area contributed by atoms with Crippen LogP contribution < -0.4 is 0 Å². The summed E-state index contributed by atoms with van der Waals surface area (Å²) in [6, 6.07) is -0.605. The molecule has 1 atom stereocenters. The van der Waals surface area contributed by atoms with Crippen LogP contribution in [0.1, 0.15) is 12.7 Å². The van der Waals surface area contributed by atoms with Gasteiger partial charge in [0.1, 0.15) is 11.9 Å². The average molecular weight is 316 g/mol. The second-order valence-corrected chi connectivity index (χ2v) is 7.08. The molecule has 8 nitrogen and oxygen atoms in total. The highest BCUT2D eigenvalue weighted by Gasteiger charge is 2.33. The zero-order chi connectivity index (χ0) is 15.8. The molecule has 0 aliphatic carbocycles. The predicted octanol–water partition coefficient (Wildman–Crippen LogP) is -0.492. The smallest absolute Gasteiger partial charge is 0.320 e. The number of hydrogen-bond donors (Lipinski definition) is 1. The Hall–Kier alpha value is -1.45. The number of rotatable bonds is 4. The fraction of sp³-hybridized carbons (Fsp3) is 0.667. The van der Waals surface area contributed by atoms with Crippen LogP contribution in [-0.2, 0) is 21.9 Å². The number of aryl methyl sites for hydroxylation is 2. The van der Waals surface area contributed by atoms with Gasteiger partial charge in [-0.25, -0.2) is 13.4 Å². The first-order chi connectivity index (χ1) is 9.73. The van der Waals surface area contributed by atoms with Crippen LogP contribution in [0.5, 0.6) is 0 Å². The Morgan fingerprint density at radius 1 is 1.33 bits per heavy atom. The van der Waals surface area contributed by atoms with E-state index in [1.54, 1.807) is 30.4 Å². The first kappa shape index (κ1) is 15.9. The van der Waals surface area contributed by atoms with Crippen molar-refractivity contribution in [3.8, 4) is 0 Å². The predicted molar refractivity (Wildman–Crippen MR) is 75.4 cm³/mol. The molecule has 1 N–H and O–H groups in total. The van der Waals surface area contributed by atoms with Gasteiger partial charge in [-0.2, -0.15) is 4.31 Å². The minimum atomic E-state index is -3.61. The number of aromatic nitrogens is 2. The topological polar surface area (TPSA) is 95.7 Å². The van der Waals surface area contributed by atoms with E-state index in [-0.39, 0.29) is 18.1 Å². The molecule has 2 heterocycles. The Bertz CT molecular complexity index is 612. The van der Waals surface area contributed by atoms with Crippen LogP contribution in [0.4, 0.5) is 0 Å².